The number of nitrogens with one attached hydrogen (secondary N) is 1. The first-order valence-electron chi connectivity index (χ1n) is 6.11. The van der Waals surface area contributed by atoms with Crippen LogP contribution >= 0.6 is 0 Å². The van der Waals surface area contributed by atoms with Gasteiger partial charge in [0.05, 0.1) is 11.9 Å². The average Bonchev–Trinajstić information content (AvgIpc) is 2.40. The number of carbonyl (C=O) groups is 1. The monoisotopic (exact) mass is 258 g/mol. The Bertz CT molecular complexity index is 567. The van der Waals surface area contributed by atoms with Gasteiger partial charge in [-0.3, -0.25) is 4.79 Å². The van der Waals surface area contributed by atoms with Gasteiger partial charge in [-0.25, -0.2) is 4.98 Å². The molecule has 1 heterocycles. The number of anilines is 1. The SMILES string of the molecule is Cc1ccccc1CCC(=O)Nc1ccc(F)nc1. The van der Waals surface area contributed by atoms with E-state index >= 15 is 0 Å². The molecule has 0 aliphatic rings. The van der Waals surface area contributed by atoms with Crippen LogP contribution in [0.4, 0.5) is 10.1 Å². The highest BCUT2D eigenvalue weighted by Gasteiger charge is 2.05. The van der Waals surface area contributed by atoms with E-state index in [1.807, 2.05) is 31.2 Å². The Morgan fingerprint density at radius 1 is 1.26 bits per heavy atom. The summed E-state index contributed by atoms with van der Waals surface area (Å²) in [5.74, 6) is -0.658. The van der Waals surface area contributed by atoms with Crippen molar-refractivity contribution in [2.75, 3.05) is 5.32 Å². The molecule has 2 aromatic rings. The molecule has 3 nitrogen and oxygen atoms in total. The predicted octanol–water partition coefficient (Wildman–Crippen LogP) is 3.10. The molecular weight excluding hydrogens is 243 g/mol. The molecule has 1 aromatic heterocycles. The number of rotatable bonds is 4. The van der Waals surface area contributed by atoms with Gasteiger partial charge in [-0.2, -0.15) is 4.39 Å². The minimum absolute atomic E-state index is 0.100. The number of hydrogen-bond donors (Lipinski definition) is 1. The van der Waals surface area contributed by atoms with Crippen LogP contribution in [0.2, 0.25) is 0 Å². The lowest BCUT2D eigenvalue weighted by molar-refractivity contribution is -0.116. The maximum atomic E-state index is 12.6. The Labute approximate surface area is 111 Å². The van der Waals surface area contributed by atoms with Gasteiger partial charge in [-0.1, -0.05) is 24.3 Å². The first kappa shape index (κ1) is 13.2. The predicted molar refractivity (Wildman–Crippen MR) is 72.3 cm³/mol. The van der Waals surface area contributed by atoms with Crippen molar-refractivity contribution in [3.05, 3.63) is 59.7 Å². The number of hydrogen-bond acceptors (Lipinski definition) is 2. The van der Waals surface area contributed by atoms with Crippen molar-refractivity contribution >= 4 is 11.6 Å². The van der Waals surface area contributed by atoms with Gasteiger partial charge in [-0.05, 0) is 36.6 Å². The van der Waals surface area contributed by atoms with Crippen molar-refractivity contribution in [2.45, 2.75) is 19.8 Å². The second-order valence-electron chi connectivity index (χ2n) is 4.34. The normalized spacial score (nSPS) is 10.2. The molecular formula is C15H15FN2O. The van der Waals surface area contributed by atoms with E-state index < -0.39 is 5.95 Å². The summed E-state index contributed by atoms with van der Waals surface area (Å²) < 4.78 is 12.6. The van der Waals surface area contributed by atoms with E-state index in [9.17, 15) is 9.18 Å². The molecule has 0 fully saturated rings. The van der Waals surface area contributed by atoms with Gasteiger partial charge in [0.2, 0.25) is 11.9 Å². The molecule has 0 unspecified atom stereocenters. The van der Waals surface area contributed by atoms with E-state index in [0.29, 0.717) is 18.5 Å². The summed E-state index contributed by atoms with van der Waals surface area (Å²) in [7, 11) is 0. The number of halogens is 1. The van der Waals surface area contributed by atoms with Gasteiger partial charge < -0.3 is 5.32 Å². The Hall–Kier alpha value is -2.23. The molecule has 0 saturated heterocycles. The Morgan fingerprint density at radius 3 is 2.74 bits per heavy atom. The quantitative estimate of drug-likeness (QED) is 0.856. The third-order valence-electron chi connectivity index (χ3n) is 2.89. The Morgan fingerprint density at radius 2 is 2.05 bits per heavy atom. The van der Waals surface area contributed by atoms with E-state index in [1.54, 1.807) is 0 Å². The minimum atomic E-state index is -0.557. The number of benzene rings is 1. The van der Waals surface area contributed by atoms with E-state index in [2.05, 4.69) is 10.3 Å². The molecule has 0 aliphatic heterocycles. The lowest BCUT2D eigenvalue weighted by Gasteiger charge is -2.06. The summed E-state index contributed by atoms with van der Waals surface area (Å²) in [6.07, 6.45) is 2.39. The van der Waals surface area contributed by atoms with Crippen LogP contribution in [0, 0.1) is 12.9 Å². The zero-order valence-corrected chi connectivity index (χ0v) is 10.7. The van der Waals surface area contributed by atoms with Gasteiger partial charge in [0.15, 0.2) is 0 Å². The molecule has 1 aromatic carbocycles. The summed E-state index contributed by atoms with van der Waals surface area (Å²) in [6.45, 7) is 2.02. The van der Waals surface area contributed by atoms with Crippen LogP contribution in [-0.2, 0) is 11.2 Å². The molecule has 1 amide bonds. The van der Waals surface area contributed by atoms with E-state index in [0.717, 1.165) is 5.56 Å². The number of carbonyl (C=O) groups excluding carboxylic acids is 1. The number of aromatic nitrogens is 1. The molecule has 4 heteroatoms. The van der Waals surface area contributed by atoms with Crippen molar-refractivity contribution < 1.29 is 9.18 Å². The maximum Gasteiger partial charge on any atom is 0.224 e. The standard InChI is InChI=1S/C15H15FN2O/c1-11-4-2-3-5-12(11)6-9-15(19)18-13-7-8-14(16)17-10-13/h2-5,7-8,10H,6,9H2,1H3,(H,18,19). The molecule has 0 aliphatic carbocycles. The summed E-state index contributed by atoms with van der Waals surface area (Å²) in [5.41, 5.74) is 2.85. The fourth-order valence-electron chi connectivity index (χ4n) is 1.81. The van der Waals surface area contributed by atoms with Crippen molar-refractivity contribution in [1.82, 2.24) is 4.98 Å². The van der Waals surface area contributed by atoms with E-state index in [4.69, 9.17) is 0 Å². The summed E-state index contributed by atoms with van der Waals surface area (Å²) in [5, 5.41) is 2.69. The lowest BCUT2D eigenvalue weighted by atomic mass is 10.0. The second-order valence-corrected chi connectivity index (χ2v) is 4.34. The van der Waals surface area contributed by atoms with Gasteiger partial charge in [-0.15, -0.1) is 0 Å². The van der Waals surface area contributed by atoms with Crippen molar-refractivity contribution in [1.29, 1.82) is 0 Å². The molecule has 0 bridgehead atoms. The lowest BCUT2D eigenvalue weighted by Crippen LogP contribution is -2.12. The van der Waals surface area contributed by atoms with Gasteiger partial charge in [0.1, 0.15) is 0 Å². The fraction of sp³-hybridized carbons (Fsp3) is 0.200. The van der Waals surface area contributed by atoms with Crippen LogP contribution in [0.25, 0.3) is 0 Å². The third kappa shape index (κ3) is 3.88. The first-order valence-corrected chi connectivity index (χ1v) is 6.11. The van der Waals surface area contributed by atoms with Crippen molar-refractivity contribution in [2.24, 2.45) is 0 Å². The molecule has 0 spiro atoms. The number of aryl methyl sites for hydroxylation is 2. The van der Waals surface area contributed by atoms with Crippen LogP contribution in [0.5, 0.6) is 0 Å². The van der Waals surface area contributed by atoms with Crippen LogP contribution in [0.3, 0.4) is 0 Å². The second kappa shape index (κ2) is 6.09. The highest BCUT2D eigenvalue weighted by molar-refractivity contribution is 5.90. The Balaban J connectivity index is 1.88. The molecule has 98 valence electrons. The topological polar surface area (TPSA) is 42.0 Å². The van der Waals surface area contributed by atoms with Crippen LogP contribution in [0.15, 0.2) is 42.6 Å². The van der Waals surface area contributed by atoms with Crippen LogP contribution in [-0.4, -0.2) is 10.9 Å². The van der Waals surface area contributed by atoms with Crippen molar-refractivity contribution in [3.8, 4) is 0 Å². The minimum Gasteiger partial charge on any atom is -0.325 e. The molecule has 0 atom stereocenters. The maximum absolute atomic E-state index is 12.6. The highest BCUT2D eigenvalue weighted by Crippen LogP contribution is 2.11. The molecule has 19 heavy (non-hydrogen) atoms. The van der Waals surface area contributed by atoms with Gasteiger partial charge in [0.25, 0.3) is 0 Å². The summed E-state index contributed by atoms with van der Waals surface area (Å²) in [4.78, 5) is 15.2. The third-order valence-corrected chi connectivity index (χ3v) is 2.89. The van der Waals surface area contributed by atoms with Crippen molar-refractivity contribution in [3.63, 3.8) is 0 Å². The zero-order valence-electron chi connectivity index (χ0n) is 10.7. The summed E-state index contributed by atoms with van der Waals surface area (Å²) >= 11 is 0. The smallest absolute Gasteiger partial charge is 0.224 e. The van der Waals surface area contributed by atoms with Crippen LogP contribution < -0.4 is 5.32 Å². The number of pyridine rings is 1. The molecule has 0 saturated carbocycles. The first-order chi connectivity index (χ1) is 9.15. The molecule has 0 radical (unpaired) electrons. The van der Waals surface area contributed by atoms with E-state index in [1.165, 1.54) is 23.9 Å². The summed E-state index contributed by atoms with van der Waals surface area (Å²) in [6, 6.07) is 10.7. The van der Waals surface area contributed by atoms with Gasteiger partial charge in [0, 0.05) is 6.42 Å². The number of nitrogens with zero attached hydrogens (tertiary/aromatic N) is 1. The molecule has 2 rings (SSSR count). The van der Waals surface area contributed by atoms with Crippen LogP contribution in [0.1, 0.15) is 17.5 Å². The Kier molecular flexibility index (Phi) is 4.23. The zero-order chi connectivity index (χ0) is 13.7. The highest BCUT2D eigenvalue weighted by atomic mass is 19.1. The fourth-order valence-corrected chi connectivity index (χ4v) is 1.81. The molecule has 1 N–H and O–H groups in total. The van der Waals surface area contributed by atoms with Gasteiger partial charge >= 0.3 is 0 Å². The average molecular weight is 258 g/mol. The largest absolute Gasteiger partial charge is 0.325 e. The van der Waals surface area contributed by atoms with E-state index in [-0.39, 0.29) is 5.91 Å². The number of amides is 1.